The van der Waals surface area contributed by atoms with E-state index in [0.29, 0.717) is 28.1 Å². The molecule has 154 valence electrons. The van der Waals surface area contributed by atoms with E-state index in [1.165, 1.54) is 6.08 Å². The van der Waals surface area contributed by atoms with Crippen molar-refractivity contribution >= 4 is 40.2 Å². The minimum Gasteiger partial charge on any atom is -0.497 e. The van der Waals surface area contributed by atoms with Gasteiger partial charge in [-0.25, -0.2) is 0 Å². The zero-order chi connectivity index (χ0) is 21.6. The third kappa shape index (κ3) is 4.64. The van der Waals surface area contributed by atoms with Gasteiger partial charge in [0.25, 0.3) is 5.91 Å². The molecule has 0 saturated carbocycles. The van der Waals surface area contributed by atoms with E-state index < -0.39 is 5.91 Å². The van der Waals surface area contributed by atoms with E-state index in [-0.39, 0.29) is 11.7 Å². The largest absolute Gasteiger partial charge is 0.497 e. The number of benzene rings is 3. The molecule has 0 radical (unpaired) electrons. The number of furan rings is 1. The van der Waals surface area contributed by atoms with Gasteiger partial charge in [-0.1, -0.05) is 48.5 Å². The van der Waals surface area contributed by atoms with Crippen LogP contribution in [0.1, 0.15) is 16.1 Å². The highest BCUT2D eigenvalue weighted by Gasteiger charge is 2.22. The van der Waals surface area contributed by atoms with Crippen molar-refractivity contribution in [1.29, 1.82) is 0 Å². The Morgan fingerprint density at radius 3 is 2.48 bits per heavy atom. The summed E-state index contributed by atoms with van der Waals surface area (Å²) in [5, 5.41) is 6.21. The van der Waals surface area contributed by atoms with Gasteiger partial charge in [0.15, 0.2) is 0 Å². The van der Waals surface area contributed by atoms with Crippen molar-refractivity contribution in [2.45, 2.75) is 0 Å². The Morgan fingerprint density at radius 2 is 1.68 bits per heavy atom. The predicted molar refractivity (Wildman–Crippen MR) is 121 cm³/mol. The Kier molecular flexibility index (Phi) is 5.80. The van der Waals surface area contributed by atoms with Crippen molar-refractivity contribution in [3.05, 3.63) is 96.3 Å². The molecular formula is C25H20N2O4. The normalized spacial score (nSPS) is 10.9. The zero-order valence-corrected chi connectivity index (χ0v) is 16.8. The summed E-state index contributed by atoms with van der Waals surface area (Å²) < 4.78 is 11.0. The van der Waals surface area contributed by atoms with Gasteiger partial charge in [0, 0.05) is 23.2 Å². The lowest BCUT2D eigenvalue weighted by atomic mass is 10.2. The molecule has 0 saturated heterocycles. The topological polar surface area (TPSA) is 80.6 Å². The van der Waals surface area contributed by atoms with Gasteiger partial charge in [-0.05, 0) is 35.9 Å². The molecule has 4 aromatic rings. The number of fused-ring (bicyclic) bond motifs is 1. The van der Waals surface area contributed by atoms with Crippen molar-refractivity contribution in [1.82, 2.24) is 0 Å². The monoisotopic (exact) mass is 412 g/mol. The average Bonchev–Trinajstić information content (AvgIpc) is 3.17. The first-order chi connectivity index (χ1) is 15.1. The fraction of sp³-hybridized carbons (Fsp3) is 0.0400. The number of hydrogen-bond acceptors (Lipinski definition) is 4. The summed E-state index contributed by atoms with van der Waals surface area (Å²) in [4.78, 5) is 25.5. The Balaban J connectivity index is 1.61. The van der Waals surface area contributed by atoms with Gasteiger partial charge in [0.1, 0.15) is 17.0 Å². The number of anilines is 2. The second-order valence-corrected chi connectivity index (χ2v) is 6.72. The molecular weight excluding hydrogens is 392 g/mol. The highest BCUT2D eigenvalue weighted by atomic mass is 16.5. The second kappa shape index (κ2) is 9.00. The van der Waals surface area contributed by atoms with E-state index in [4.69, 9.17) is 9.15 Å². The molecule has 0 spiro atoms. The van der Waals surface area contributed by atoms with Crippen LogP contribution in [0.4, 0.5) is 11.4 Å². The van der Waals surface area contributed by atoms with Crippen LogP contribution < -0.4 is 15.4 Å². The SMILES string of the molecule is COc1cccc(NC(=O)c2oc3ccccc3c2NC(=O)/C=C/c2ccccc2)c1. The molecule has 4 rings (SSSR count). The molecule has 0 aliphatic heterocycles. The summed E-state index contributed by atoms with van der Waals surface area (Å²) in [5.74, 6) is -0.218. The van der Waals surface area contributed by atoms with Crippen molar-refractivity contribution < 1.29 is 18.7 Å². The lowest BCUT2D eigenvalue weighted by Crippen LogP contribution is -2.15. The van der Waals surface area contributed by atoms with Crippen molar-refractivity contribution in [3.63, 3.8) is 0 Å². The van der Waals surface area contributed by atoms with Gasteiger partial charge in [-0.15, -0.1) is 0 Å². The third-order valence-electron chi connectivity index (χ3n) is 4.60. The number of ether oxygens (including phenoxy) is 1. The van der Waals surface area contributed by atoms with E-state index in [0.717, 1.165) is 5.56 Å². The van der Waals surface area contributed by atoms with Gasteiger partial charge in [0.2, 0.25) is 11.7 Å². The molecule has 6 heteroatoms. The minimum absolute atomic E-state index is 0.0190. The average molecular weight is 412 g/mol. The summed E-state index contributed by atoms with van der Waals surface area (Å²) in [6.45, 7) is 0. The summed E-state index contributed by atoms with van der Waals surface area (Å²) in [6, 6.07) is 23.6. The van der Waals surface area contributed by atoms with E-state index in [1.54, 1.807) is 55.7 Å². The van der Waals surface area contributed by atoms with Gasteiger partial charge >= 0.3 is 0 Å². The first-order valence-corrected chi connectivity index (χ1v) is 9.65. The quantitative estimate of drug-likeness (QED) is 0.419. The lowest BCUT2D eigenvalue weighted by Gasteiger charge is -2.07. The van der Waals surface area contributed by atoms with Crippen LogP contribution in [0.25, 0.3) is 17.0 Å². The van der Waals surface area contributed by atoms with Crippen molar-refractivity contribution in [3.8, 4) is 5.75 Å². The maximum atomic E-state index is 13.0. The molecule has 0 atom stereocenters. The molecule has 0 unspecified atom stereocenters. The first-order valence-electron chi connectivity index (χ1n) is 9.65. The number of carbonyl (C=O) groups is 2. The van der Waals surface area contributed by atoms with E-state index in [9.17, 15) is 9.59 Å². The number of para-hydroxylation sites is 1. The number of rotatable bonds is 6. The predicted octanol–water partition coefficient (Wildman–Crippen LogP) is 5.35. The molecule has 1 aromatic heterocycles. The van der Waals surface area contributed by atoms with E-state index >= 15 is 0 Å². The summed E-state index contributed by atoms with van der Waals surface area (Å²) in [7, 11) is 1.55. The van der Waals surface area contributed by atoms with Crippen LogP contribution in [0.15, 0.2) is 89.4 Å². The van der Waals surface area contributed by atoms with Crippen molar-refractivity contribution in [2.75, 3.05) is 17.7 Å². The molecule has 0 aliphatic rings. The highest BCUT2D eigenvalue weighted by molar-refractivity contribution is 6.16. The molecule has 3 aromatic carbocycles. The Hall–Kier alpha value is -4.32. The van der Waals surface area contributed by atoms with Gasteiger partial charge in [-0.2, -0.15) is 0 Å². The minimum atomic E-state index is -0.480. The second-order valence-electron chi connectivity index (χ2n) is 6.72. The summed E-state index contributed by atoms with van der Waals surface area (Å²) >= 11 is 0. The van der Waals surface area contributed by atoms with Crippen LogP contribution in [0.5, 0.6) is 5.75 Å². The molecule has 6 nitrogen and oxygen atoms in total. The van der Waals surface area contributed by atoms with E-state index in [1.807, 2.05) is 36.4 Å². The molecule has 2 N–H and O–H groups in total. The van der Waals surface area contributed by atoms with Gasteiger partial charge in [-0.3, -0.25) is 9.59 Å². The Morgan fingerprint density at radius 1 is 0.903 bits per heavy atom. The van der Waals surface area contributed by atoms with Crippen LogP contribution in [-0.2, 0) is 4.79 Å². The molecule has 2 amide bonds. The molecule has 31 heavy (non-hydrogen) atoms. The number of methoxy groups -OCH3 is 1. The number of hydrogen-bond donors (Lipinski definition) is 2. The van der Waals surface area contributed by atoms with Crippen LogP contribution in [0, 0.1) is 0 Å². The lowest BCUT2D eigenvalue weighted by molar-refractivity contribution is -0.111. The van der Waals surface area contributed by atoms with Crippen LogP contribution in [-0.4, -0.2) is 18.9 Å². The molecule has 0 bridgehead atoms. The number of carbonyl (C=O) groups excluding carboxylic acids is 2. The number of nitrogens with one attached hydrogen (secondary N) is 2. The van der Waals surface area contributed by atoms with Crippen LogP contribution in [0.3, 0.4) is 0 Å². The number of amides is 2. The van der Waals surface area contributed by atoms with Crippen LogP contribution in [0.2, 0.25) is 0 Å². The fourth-order valence-corrected chi connectivity index (χ4v) is 3.12. The Labute approximate surface area is 179 Å². The van der Waals surface area contributed by atoms with Crippen LogP contribution >= 0.6 is 0 Å². The third-order valence-corrected chi connectivity index (χ3v) is 4.60. The maximum absolute atomic E-state index is 13.0. The molecule has 0 aliphatic carbocycles. The molecule has 1 heterocycles. The standard InChI is InChI=1S/C25H20N2O4/c1-30-19-11-7-10-18(16-19)26-25(29)24-23(20-12-5-6-13-21(20)31-24)27-22(28)15-14-17-8-3-2-4-9-17/h2-16H,1H3,(H,26,29)(H,27,28)/b15-14+. The van der Waals surface area contributed by atoms with Gasteiger partial charge in [0.05, 0.1) is 7.11 Å². The van der Waals surface area contributed by atoms with E-state index in [2.05, 4.69) is 10.6 Å². The first kappa shape index (κ1) is 20.0. The fourth-order valence-electron chi connectivity index (χ4n) is 3.12. The highest BCUT2D eigenvalue weighted by Crippen LogP contribution is 2.31. The zero-order valence-electron chi connectivity index (χ0n) is 16.8. The van der Waals surface area contributed by atoms with Crippen molar-refractivity contribution in [2.24, 2.45) is 0 Å². The summed E-state index contributed by atoms with van der Waals surface area (Å²) in [6.07, 6.45) is 3.12. The maximum Gasteiger partial charge on any atom is 0.293 e. The molecule has 0 fully saturated rings. The summed E-state index contributed by atoms with van der Waals surface area (Å²) in [5.41, 5.74) is 2.26. The smallest absolute Gasteiger partial charge is 0.293 e. The Bertz CT molecular complexity index is 1260. The van der Waals surface area contributed by atoms with Gasteiger partial charge < -0.3 is 19.8 Å².